The molecule has 1 atom stereocenters. The topological polar surface area (TPSA) is 216 Å². The summed E-state index contributed by atoms with van der Waals surface area (Å²) in [6.45, 7) is -0.215. The van der Waals surface area contributed by atoms with Crippen LogP contribution >= 0.6 is 24.6 Å². The Morgan fingerprint density at radius 1 is 1.25 bits per heavy atom. The van der Waals surface area contributed by atoms with Crippen LogP contribution in [0.3, 0.4) is 0 Å². The third kappa shape index (κ3) is 5.56. The Kier molecular flexibility index (Phi) is 7.78. The van der Waals surface area contributed by atoms with E-state index in [0.717, 1.165) is 12.1 Å². The summed E-state index contributed by atoms with van der Waals surface area (Å²) in [4.78, 5) is 66.7. The number of aromatic amines is 2. The predicted molar refractivity (Wildman–Crippen MR) is 102 cm³/mol. The van der Waals surface area contributed by atoms with Crippen molar-refractivity contribution in [3.63, 3.8) is 0 Å². The zero-order chi connectivity index (χ0) is 20.4. The average molecular weight is 483 g/mol. The Balaban J connectivity index is 0.00000392. The molecule has 0 aliphatic carbocycles. The summed E-state index contributed by atoms with van der Waals surface area (Å²) < 4.78 is 11.1. The molecule has 1 aromatic heterocycles. The van der Waals surface area contributed by atoms with Gasteiger partial charge in [0.05, 0.1) is 16.0 Å². The van der Waals surface area contributed by atoms with Crippen LogP contribution in [0.15, 0.2) is 21.7 Å². The largest absolute Gasteiger partial charge is 0.481 e. The maximum Gasteiger partial charge on any atom is 0.339 e. The summed E-state index contributed by atoms with van der Waals surface area (Å²) >= 11 is 0. The molecule has 1 unspecified atom stereocenters. The van der Waals surface area contributed by atoms with Gasteiger partial charge < -0.3 is 30.2 Å². The Bertz CT molecular complexity index is 1060. The van der Waals surface area contributed by atoms with Crippen LogP contribution in [0.25, 0.3) is 11.0 Å². The lowest BCUT2D eigenvalue weighted by molar-refractivity contribution is -0.384. The van der Waals surface area contributed by atoms with Gasteiger partial charge in [-0.25, -0.2) is 0 Å². The Labute approximate surface area is 165 Å². The van der Waals surface area contributed by atoms with Crippen molar-refractivity contribution in [3.8, 4) is 0 Å². The van der Waals surface area contributed by atoms with Gasteiger partial charge in [0.2, 0.25) is 0 Å². The number of nitrogens with one attached hydrogen (secondary N) is 3. The van der Waals surface area contributed by atoms with E-state index >= 15 is 0 Å². The Morgan fingerprint density at radius 3 is 2.39 bits per heavy atom. The fourth-order valence-electron chi connectivity index (χ4n) is 2.42. The second-order valence-electron chi connectivity index (χ2n) is 5.60. The number of H-pyrrole nitrogens is 2. The molecule has 0 saturated heterocycles. The van der Waals surface area contributed by atoms with E-state index in [0.29, 0.717) is 0 Å². The van der Waals surface area contributed by atoms with Crippen molar-refractivity contribution in [2.45, 2.75) is 18.6 Å². The molecule has 0 radical (unpaired) electrons. The molecule has 1 aromatic carbocycles. The van der Waals surface area contributed by atoms with E-state index in [1.807, 2.05) is 0 Å². The van der Waals surface area contributed by atoms with E-state index < -0.39 is 35.3 Å². The van der Waals surface area contributed by atoms with Gasteiger partial charge in [0.1, 0.15) is 0 Å². The number of benzene rings is 1. The third-order valence-electron chi connectivity index (χ3n) is 3.71. The minimum absolute atomic E-state index is 0. The number of carbonyl (C=O) groups is 1. The van der Waals surface area contributed by atoms with Gasteiger partial charge in [0.25, 0.3) is 5.69 Å². The summed E-state index contributed by atoms with van der Waals surface area (Å²) in [5.41, 5.74) is -3.76. The minimum Gasteiger partial charge on any atom is -0.481 e. The number of aliphatic carboxylic acids is 1. The lowest BCUT2D eigenvalue weighted by Crippen LogP contribution is -2.30. The Hall–Kier alpha value is -2.38. The van der Waals surface area contributed by atoms with Crippen molar-refractivity contribution in [3.05, 3.63) is 48.5 Å². The van der Waals surface area contributed by atoms with Crippen LogP contribution in [0.1, 0.15) is 12.0 Å². The molecule has 28 heavy (non-hydrogen) atoms. The second kappa shape index (κ2) is 9.21. The molecule has 0 aliphatic rings. The minimum atomic E-state index is -4.83. The first-order valence-corrected chi connectivity index (χ1v) is 9.11. The van der Waals surface area contributed by atoms with E-state index in [1.54, 1.807) is 0 Å². The van der Waals surface area contributed by atoms with Crippen LogP contribution in [0.2, 0.25) is 0 Å². The molecule has 0 aliphatic heterocycles. The van der Waals surface area contributed by atoms with E-state index in [9.17, 15) is 29.1 Å². The van der Waals surface area contributed by atoms with Crippen molar-refractivity contribution in [1.82, 2.24) is 15.3 Å². The van der Waals surface area contributed by atoms with Gasteiger partial charge in [-0.1, -0.05) is 0 Å². The van der Waals surface area contributed by atoms with Crippen molar-refractivity contribution in [2.75, 3.05) is 6.54 Å². The molecule has 0 amide bonds. The first kappa shape index (κ1) is 23.7. The number of carboxylic acid groups (broad SMARTS) is 1. The van der Waals surface area contributed by atoms with Crippen LogP contribution in [0, 0.1) is 10.1 Å². The number of nitrogens with zero attached hydrogens (tertiary/aromatic N) is 1. The van der Waals surface area contributed by atoms with Gasteiger partial charge in [-0.15, -0.1) is 17.0 Å². The molecule has 15 heteroatoms. The summed E-state index contributed by atoms with van der Waals surface area (Å²) in [6.07, 6.45) is -0.389. The number of non-ortho nitro benzene ring substituents is 1. The van der Waals surface area contributed by atoms with Gasteiger partial charge in [0.15, 0.2) is 5.66 Å². The lowest BCUT2D eigenvalue weighted by Gasteiger charge is -2.14. The zero-order valence-electron chi connectivity index (χ0n) is 13.9. The highest BCUT2D eigenvalue weighted by molar-refractivity contribution is 8.93. The predicted octanol–water partition coefficient (Wildman–Crippen LogP) is -0.187. The van der Waals surface area contributed by atoms with Crippen LogP contribution < -0.4 is 16.4 Å². The lowest BCUT2D eigenvalue weighted by atomic mass is 10.1. The molecule has 1 heterocycles. The third-order valence-corrected chi connectivity index (χ3v) is 5.00. The number of nitro groups is 1. The monoisotopic (exact) mass is 482 g/mol. The zero-order valence-corrected chi connectivity index (χ0v) is 16.6. The van der Waals surface area contributed by atoms with Gasteiger partial charge in [-0.3, -0.25) is 29.1 Å². The van der Waals surface area contributed by atoms with Crippen molar-refractivity contribution in [1.29, 1.82) is 0 Å². The molecule has 0 bridgehead atoms. The number of fused-ring (bicyclic) bond motifs is 1. The van der Waals surface area contributed by atoms with Gasteiger partial charge in [0, 0.05) is 18.7 Å². The molecule has 0 saturated carbocycles. The SMILES string of the molecule is Br.O=C(O)C(CCNCc1cc([N+](=O)[O-])cc2[nH]c(=O)c(=O)[nH]c12)P(=O)(O)O. The van der Waals surface area contributed by atoms with E-state index in [-0.39, 0.29) is 58.8 Å². The van der Waals surface area contributed by atoms with E-state index in [1.165, 1.54) is 0 Å². The maximum atomic E-state index is 11.5. The normalized spacial score (nSPS) is 12.4. The molecule has 13 nitrogen and oxygen atoms in total. The number of hydrogen-bond acceptors (Lipinski definition) is 7. The smallest absolute Gasteiger partial charge is 0.339 e. The summed E-state index contributed by atoms with van der Waals surface area (Å²) in [5, 5.41) is 22.6. The average Bonchev–Trinajstić information content (AvgIpc) is 2.54. The fourth-order valence-corrected chi connectivity index (χ4v) is 3.18. The van der Waals surface area contributed by atoms with Crippen LogP contribution in [-0.2, 0) is 15.9 Å². The number of rotatable bonds is 8. The van der Waals surface area contributed by atoms with E-state index in [4.69, 9.17) is 14.9 Å². The first-order valence-electron chi connectivity index (χ1n) is 7.43. The highest BCUT2D eigenvalue weighted by Crippen LogP contribution is 2.42. The molecule has 0 spiro atoms. The van der Waals surface area contributed by atoms with E-state index in [2.05, 4.69) is 15.3 Å². The van der Waals surface area contributed by atoms with Crippen molar-refractivity contribution < 1.29 is 29.2 Å². The van der Waals surface area contributed by atoms with Gasteiger partial charge >= 0.3 is 24.7 Å². The number of halogens is 1. The van der Waals surface area contributed by atoms with Crippen LogP contribution in [0.5, 0.6) is 0 Å². The van der Waals surface area contributed by atoms with Gasteiger partial charge in [-0.2, -0.15) is 0 Å². The van der Waals surface area contributed by atoms with Crippen molar-refractivity contribution >= 4 is 47.3 Å². The highest BCUT2D eigenvalue weighted by atomic mass is 79.9. The fraction of sp³-hybridized carbons (Fsp3) is 0.308. The summed E-state index contributed by atoms with van der Waals surface area (Å²) in [5.74, 6) is -1.65. The molecule has 2 aromatic rings. The maximum absolute atomic E-state index is 11.5. The molecule has 0 fully saturated rings. The Morgan fingerprint density at radius 2 is 1.86 bits per heavy atom. The standard InChI is InChI=1S/C13H15N4O9P.BrH/c18-11-12(19)16-10-6(3-7(17(22)23)4-8(10)15-11)5-14-2-1-9(13(20)21)27(24,25)26;/h3-4,9,14H,1-2,5H2,(H,15,18)(H,16,19)(H,20,21)(H2,24,25,26);1H. The summed E-state index contributed by atoms with van der Waals surface area (Å²) in [7, 11) is -4.83. The highest BCUT2D eigenvalue weighted by Gasteiger charge is 2.34. The quantitative estimate of drug-likeness (QED) is 0.0957. The number of carboxylic acids is 1. The summed E-state index contributed by atoms with van der Waals surface area (Å²) in [6, 6.07) is 2.23. The molecular weight excluding hydrogens is 467 g/mol. The van der Waals surface area contributed by atoms with Crippen LogP contribution in [-0.4, -0.2) is 48.0 Å². The molecular formula is C13H16BrN4O9P. The number of aromatic nitrogens is 2. The van der Waals surface area contributed by atoms with Crippen LogP contribution in [0.4, 0.5) is 5.69 Å². The number of hydrogen-bond donors (Lipinski definition) is 6. The van der Waals surface area contributed by atoms with Crippen molar-refractivity contribution in [2.24, 2.45) is 0 Å². The molecule has 6 N–H and O–H groups in total. The first-order chi connectivity index (χ1) is 12.5. The number of nitro benzene ring substituents is 1. The second-order valence-corrected chi connectivity index (χ2v) is 7.40. The van der Waals surface area contributed by atoms with Gasteiger partial charge in [-0.05, 0) is 18.5 Å². The molecule has 2 rings (SSSR count). The molecule has 154 valence electrons.